The number of likely N-dealkylation sites (N-methyl/N-ethyl adjacent to an activating group) is 1. The van der Waals surface area contributed by atoms with Crippen molar-refractivity contribution in [3.05, 3.63) is 51.6 Å². The number of sulfonamides is 1. The monoisotopic (exact) mass is 474 g/mol. The van der Waals surface area contributed by atoms with E-state index in [2.05, 4.69) is 27.9 Å². The number of carbonyl (C=O) groups excluding carboxylic acids is 1. The summed E-state index contributed by atoms with van der Waals surface area (Å²) in [4.78, 5) is 12.3. The molecule has 1 N–H and O–H groups in total. The summed E-state index contributed by atoms with van der Waals surface area (Å²) in [6.45, 7) is 1.70. The molecule has 2 aromatic carbocycles. The van der Waals surface area contributed by atoms with E-state index < -0.39 is 15.9 Å². The first-order valence-corrected chi connectivity index (χ1v) is 9.92. The number of aryl methyl sites for hydroxylation is 1. The van der Waals surface area contributed by atoms with Gasteiger partial charge in [0, 0.05) is 16.3 Å². The molecule has 8 heteroatoms. The minimum Gasteiger partial charge on any atom is -0.497 e. The number of hydrogen-bond acceptors (Lipinski definition) is 4. The van der Waals surface area contributed by atoms with Gasteiger partial charge in [-0.3, -0.25) is 4.79 Å². The summed E-state index contributed by atoms with van der Waals surface area (Å²) in [5, 5.41) is 2.71. The van der Waals surface area contributed by atoms with Gasteiger partial charge in [-0.1, -0.05) is 6.07 Å². The normalized spacial score (nSPS) is 11.4. The van der Waals surface area contributed by atoms with Gasteiger partial charge in [-0.05, 0) is 71.5 Å². The fourth-order valence-electron chi connectivity index (χ4n) is 2.09. The van der Waals surface area contributed by atoms with E-state index in [1.807, 2.05) is 19.1 Å². The van der Waals surface area contributed by atoms with Crippen LogP contribution in [0.5, 0.6) is 5.75 Å². The number of anilines is 1. The topological polar surface area (TPSA) is 75.7 Å². The van der Waals surface area contributed by atoms with Crippen LogP contribution in [0.2, 0.25) is 0 Å². The lowest BCUT2D eigenvalue weighted by atomic mass is 10.2. The summed E-state index contributed by atoms with van der Waals surface area (Å²) in [5.74, 6) is 0.160. The summed E-state index contributed by atoms with van der Waals surface area (Å²) >= 11 is 2.18. The van der Waals surface area contributed by atoms with E-state index in [0.29, 0.717) is 11.4 Å². The fraction of sp³-hybridized carbons (Fsp3) is 0.235. The summed E-state index contributed by atoms with van der Waals surface area (Å²) in [5.41, 5.74) is 1.74. The molecular weight excluding hydrogens is 455 g/mol. The molecule has 1 amide bonds. The Bertz CT molecular complexity index is 867. The Morgan fingerprint density at radius 1 is 1.20 bits per heavy atom. The SMILES string of the molecule is COc1ccc(S(=O)(=O)N(C)CC(=O)Nc2ccc(C)c(I)c2)cc1. The highest BCUT2D eigenvalue weighted by atomic mass is 127. The Labute approximate surface area is 161 Å². The summed E-state index contributed by atoms with van der Waals surface area (Å²) < 4.78 is 32.1. The highest BCUT2D eigenvalue weighted by molar-refractivity contribution is 14.1. The Morgan fingerprint density at radius 2 is 1.84 bits per heavy atom. The van der Waals surface area contributed by atoms with E-state index >= 15 is 0 Å². The Morgan fingerprint density at radius 3 is 2.40 bits per heavy atom. The minimum atomic E-state index is -3.75. The highest BCUT2D eigenvalue weighted by Gasteiger charge is 2.23. The van der Waals surface area contributed by atoms with Gasteiger partial charge in [-0.15, -0.1) is 0 Å². The van der Waals surface area contributed by atoms with Crippen LogP contribution in [0.4, 0.5) is 5.69 Å². The highest BCUT2D eigenvalue weighted by Crippen LogP contribution is 2.19. The third-order valence-corrected chi connectivity index (χ3v) is 6.57. The molecule has 0 aromatic heterocycles. The van der Waals surface area contributed by atoms with Crippen molar-refractivity contribution >= 4 is 44.2 Å². The number of nitrogens with one attached hydrogen (secondary N) is 1. The van der Waals surface area contributed by atoms with Gasteiger partial charge in [0.1, 0.15) is 5.75 Å². The molecular formula is C17H19IN2O4S. The molecule has 0 aliphatic carbocycles. The number of amides is 1. The molecule has 2 aromatic rings. The van der Waals surface area contributed by atoms with E-state index in [9.17, 15) is 13.2 Å². The lowest BCUT2D eigenvalue weighted by molar-refractivity contribution is -0.116. The number of methoxy groups -OCH3 is 1. The fourth-order valence-corrected chi connectivity index (χ4v) is 3.73. The average molecular weight is 474 g/mol. The first-order valence-electron chi connectivity index (χ1n) is 7.40. The van der Waals surface area contributed by atoms with Crippen LogP contribution in [0.3, 0.4) is 0 Å². The third-order valence-electron chi connectivity index (χ3n) is 3.59. The second kappa shape index (κ2) is 8.15. The van der Waals surface area contributed by atoms with E-state index in [1.165, 1.54) is 26.3 Å². The van der Waals surface area contributed by atoms with Crippen LogP contribution in [-0.2, 0) is 14.8 Å². The van der Waals surface area contributed by atoms with Crippen LogP contribution in [0.25, 0.3) is 0 Å². The van der Waals surface area contributed by atoms with Crippen molar-refractivity contribution in [3.63, 3.8) is 0 Å². The summed E-state index contributed by atoms with van der Waals surface area (Å²) in [7, 11) is -0.872. The maximum atomic E-state index is 12.5. The molecule has 0 saturated carbocycles. The first kappa shape index (κ1) is 19.7. The van der Waals surface area contributed by atoms with Crippen LogP contribution >= 0.6 is 22.6 Å². The predicted molar refractivity (Wildman–Crippen MR) is 105 cm³/mol. The summed E-state index contributed by atoms with van der Waals surface area (Å²) in [6, 6.07) is 11.5. The Balaban J connectivity index is 2.07. The van der Waals surface area contributed by atoms with Crippen LogP contribution < -0.4 is 10.1 Å². The van der Waals surface area contributed by atoms with E-state index in [0.717, 1.165) is 13.4 Å². The molecule has 0 aliphatic rings. The molecule has 0 fully saturated rings. The van der Waals surface area contributed by atoms with Crippen LogP contribution in [-0.4, -0.2) is 39.3 Å². The molecule has 0 radical (unpaired) electrons. The van der Waals surface area contributed by atoms with Gasteiger partial charge in [0.25, 0.3) is 0 Å². The van der Waals surface area contributed by atoms with E-state index in [-0.39, 0.29) is 11.4 Å². The quantitative estimate of drug-likeness (QED) is 0.654. The molecule has 0 unspecified atom stereocenters. The van der Waals surface area contributed by atoms with Crippen molar-refractivity contribution in [2.24, 2.45) is 0 Å². The van der Waals surface area contributed by atoms with Crippen LogP contribution in [0.1, 0.15) is 5.56 Å². The zero-order valence-corrected chi connectivity index (χ0v) is 17.1. The minimum absolute atomic E-state index is 0.105. The molecule has 25 heavy (non-hydrogen) atoms. The third kappa shape index (κ3) is 4.93. The van der Waals surface area contributed by atoms with Gasteiger partial charge in [0.2, 0.25) is 15.9 Å². The maximum Gasteiger partial charge on any atom is 0.243 e. The number of halogens is 1. The second-order valence-electron chi connectivity index (χ2n) is 5.45. The zero-order valence-electron chi connectivity index (χ0n) is 14.1. The molecule has 0 heterocycles. The number of ether oxygens (including phenoxy) is 1. The van der Waals surface area contributed by atoms with Gasteiger partial charge in [0.15, 0.2) is 0 Å². The van der Waals surface area contributed by atoms with Crippen molar-refractivity contribution in [2.75, 3.05) is 26.0 Å². The van der Waals surface area contributed by atoms with E-state index in [1.54, 1.807) is 18.2 Å². The van der Waals surface area contributed by atoms with Gasteiger partial charge in [-0.25, -0.2) is 8.42 Å². The van der Waals surface area contributed by atoms with Crippen LogP contribution in [0, 0.1) is 10.5 Å². The molecule has 0 saturated heterocycles. The number of benzene rings is 2. The van der Waals surface area contributed by atoms with Crippen molar-refractivity contribution in [2.45, 2.75) is 11.8 Å². The second-order valence-corrected chi connectivity index (χ2v) is 8.66. The Hall–Kier alpha value is -1.65. The molecule has 0 aliphatic heterocycles. The summed E-state index contributed by atoms with van der Waals surface area (Å²) in [6.07, 6.45) is 0. The van der Waals surface area contributed by atoms with E-state index in [4.69, 9.17) is 4.74 Å². The van der Waals surface area contributed by atoms with Crippen LogP contribution in [0.15, 0.2) is 47.4 Å². The molecule has 6 nitrogen and oxygen atoms in total. The number of hydrogen-bond donors (Lipinski definition) is 1. The lowest BCUT2D eigenvalue weighted by Gasteiger charge is -2.17. The van der Waals surface area contributed by atoms with Crippen molar-refractivity contribution in [1.82, 2.24) is 4.31 Å². The van der Waals surface area contributed by atoms with Crippen molar-refractivity contribution in [3.8, 4) is 5.75 Å². The number of nitrogens with zero attached hydrogens (tertiary/aromatic N) is 1. The molecule has 0 atom stereocenters. The van der Waals surface area contributed by atoms with Crippen molar-refractivity contribution < 1.29 is 17.9 Å². The van der Waals surface area contributed by atoms with Gasteiger partial charge in [0.05, 0.1) is 18.6 Å². The van der Waals surface area contributed by atoms with Gasteiger partial charge >= 0.3 is 0 Å². The standard InChI is InChI=1S/C17H19IN2O4S/c1-12-4-5-13(10-16(12)18)19-17(21)11-20(2)25(22,23)15-8-6-14(24-3)7-9-15/h4-10H,11H2,1-3H3,(H,19,21). The Kier molecular flexibility index (Phi) is 6.42. The molecule has 0 bridgehead atoms. The average Bonchev–Trinajstić information content (AvgIpc) is 2.58. The maximum absolute atomic E-state index is 12.5. The first-order chi connectivity index (χ1) is 11.7. The zero-order chi connectivity index (χ0) is 18.6. The van der Waals surface area contributed by atoms with Gasteiger partial charge in [-0.2, -0.15) is 4.31 Å². The number of rotatable bonds is 6. The lowest BCUT2D eigenvalue weighted by Crippen LogP contribution is -2.34. The molecule has 0 spiro atoms. The molecule has 134 valence electrons. The predicted octanol–water partition coefficient (Wildman–Crippen LogP) is 2.87. The van der Waals surface area contributed by atoms with Crippen molar-refractivity contribution in [1.29, 1.82) is 0 Å². The number of carbonyl (C=O) groups is 1. The molecule has 2 rings (SSSR count). The largest absolute Gasteiger partial charge is 0.497 e. The van der Waals surface area contributed by atoms with Gasteiger partial charge < -0.3 is 10.1 Å². The smallest absolute Gasteiger partial charge is 0.243 e.